The Bertz CT molecular complexity index is 1390. The van der Waals surface area contributed by atoms with Gasteiger partial charge in [-0.3, -0.25) is 0 Å². The van der Waals surface area contributed by atoms with Crippen LogP contribution in [0.4, 0.5) is 23.4 Å². The van der Waals surface area contributed by atoms with E-state index in [0.29, 0.717) is 29.1 Å². The van der Waals surface area contributed by atoms with Gasteiger partial charge in [-0.1, -0.05) is 5.21 Å². The lowest BCUT2D eigenvalue weighted by atomic mass is 10.0. The number of rotatable bonds is 1. The maximum Gasteiger partial charge on any atom is 0.435 e. The molecule has 0 unspecified atom stereocenters. The number of nitrogens with zero attached hydrogens (tertiary/aromatic N) is 6. The molecule has 0 spiro atoms. The minimum absolute atomic E-state index is 0.00974. The Labute approximate surface area is 191 Å². The number of anilines is 1. The monoisotopic (exact) mass is 473 g/mol. The third-order valence-corrected chi connectivity index (χ3v) is 5.64. The lowest BCUT2D eigenvalue weighted by Gasteiger charge is -2.21. The summed E-state index contributed by atoms with van der Waals surface area (Å²) in [6.07, 6.45) is -3.95. The Hall–Kier alpha value is -3.96. The zero-order valence-electron chi connectivity index (χ0n) is 18.1. The van der Waals surface area contributed by atoms with Crippen molar-refractivity contribution in [1.29, 1.82) is 0 Å². The van der Waals surface area contributed by atoms with Gasteiger partial charge in [0.15, 0.2) is 17.3 Å². The van der Waals surface area contributed by atoms with E-state index in [2.05, 4.69) is 20.4 Å². The standard InChI is InChI=1S/C22H19F4N7O/c1-3-32-20-12-6-18(21(27)28-10-12)34-11(2)15-7-13(23)4-5-17(15)33-14(8-16(20)29-31-32)9-19(30-33)22(24,25)26/h4-7,9-11H,3,8H2,1-2H3,(H2,27,28)/t11-/m1/s1. The van der Waals surface area contributed by atoms with E-state index in [1.54, 1.807) is 17.7 Å². The summed E-state index contributed by atoms with van der Waals surface area (Å²) in [6, 6.07) is 6.37. The van der Waals surface area contributed by atoms with Gasteiger partial charge in [0.05, 0.1) is 22.8 Å². The first kappa shape index (κ1) is 21.9. The normalized spacial score (nSPS) is 15.4. The van der Waals surface area contributed by atoms with Gasteiger partial charge in [0.25, 0.3) is 0 Å². The largest absolute Gasteiger partial charge is 0.482 e. The quantitative estimate of drug-likeness (QED) is 0.414. The number of fused-ring (bicyclic) bond motifs is 7. The second-order valence-corrected chi connectivity index (χ2v) is 7.88. The van der Waals surface area contributed by atoms with Gasteiger partial charge in [0.1, 0.15) is 11.9 Å². The molecule has 0 saturated carbocycles. The van der Waals surface area contributed by atoms with Crippen molar-refractivity contribution < 1.29 is 22.3 Å². The molecule has 3 aromatic heterocycles. The predicted molar refractivity (Wildman–Crippen MR) is 114 cm³/mol. The van der Waals surface area contributed by atoms with E-state index < -0.39 is 23.8 Å². The van der Waals surface area contributed by atoms with Gasteiger partial charge in [-0.25, -0.2) is 18.7 Å². The van der Waals surface area contributed by atoms with Crippen molar-refractivity contribution in [2.45, 2.75) is 39.1 Å². The van der Waals surface area contributed by atoms with Gasteiger partial charge >= 0.3 is 6.18 Å². The molecule has 1 atom stereocenters. The fraction of sp³-hybridized carbons (Fsp3) is 0.273. The second kappa shape index (κ2) is 7.82. The first-order valence-electron chi connectivity index (χ1n) is 10.5. The number of alkyl halides is 3. The summed E-state index contributed by atoms with van der Waals surface area (Å²) in [5.41, 5.74) is 7.29. The summed E-state index contributed by atoms with van der Waals surface area (Å²) >= 11 is 0. The van der Waals surface area contributed by atoms with E-state index in [9.17, 15) is 17.6 Å². The van der Waals surface area contributed by atoms with E-state index in [4.69, 9.17) is 10.5 Å². The van der Waals surface area contributed by atoms with Crippen molar-refractivity contribution in [1.82, 2.24) is 29.8 Å². The van der Waals surface area contributed by atoms with Gasteiger partial charge in [-0.2, -0.15) is 18.3 Å². The van der Waals surface area contributed by atoms with Crippen LogP contribution < -0.4 is 10.5 Å². The number of hydrogen-bond donors (Lipinski definition) is 1. The highest BCUT2D eigenvalue weighted by molar-refractivity contribution is 5.66. The molecule has 0 saturated heterocycles. The number of benzene rings is 1. The summed E-state index contributed by atoms with van der Waals surface area (Å²) in [6.45, 7) is 3.98. The molecule has 8 nitrogen and oxygen atoms in total. The first-order chi connectivity index (χ1) is 16.2. The van der Waals surface area contributed by atoms with Gasteiger partial charge in [-0.05, 0) is 44.2 Å². The minimum Gasteiger partial charge on any atom is -0.482 e. The van der Waals surface area contributed by atoms with Crippen LogP contribution in [0, 0.1) is 5.82 Å². The molecule has 12 heteroatoms. The topological polar surface area (TPSA) is 96.7 Å². The smallest absolute Gasteiger partial charge is 0.435 e. The number of nitrogens with two attached hydrogens (primary N) is 1. The SMILES string of the molecule is CCn1nnc2c1-c1cnc(N)c(c1)O[C@H](C)c1cc(F)ccc1-n1nc(C(F)(F)F)cc1C2. The summed E-state index contributed by atoms with van der Waals surface area (Å²) in [5.74, 6) is -0.215. The summed E-state index contributed by atoms with van der Waals surface area (Å²) < 4.78 is 63.9. The molecule has 0 fully saturated rings. The maximum absolute atomic E-state index is 14.2. The van der Waals surface area contributed by atoms with Crippen molar-refractivity contribution in [2.75, 3.05) is 5.73 Å². The average molecular weight is 473 g/mol. The van der Waals surface area contributed by atoms with Crippen LogP contribution >= 0.6 is 0 Å². The van der Waals surface area contributed by atoms with E-state index in [-0.39, 0.29) is 29.4 Å². The van der Waals surface area contributed by atoms with Crippen LogP contribution in [-0.2, 0) is 19.1 Å². The highest BCUT2D eigenvalue weighted by atomic mass is 19.4. The van der Waals surface area contributed by atoms with Gasteiger partial charge in [0, 0.05) is 30.3 Å². The molecule has 1 aliphatic rings. The number of pyridine rings is 1. The predicted octanol–water partition coefficient (Wildman–Crippen LogP) is 4.33. The number of aryl methyl sites for hydroxylation is 1. The molecule has 0 radical (unpaired) electrons. The summed E-state index contributed by atoms with van der Waals surface area (Å²) in [5, 5.41) is 12.2. The Kier molecular flexibility index (Phi) is 5.03. The van der Waals surface area contributed by atoms with Gasteiger partial charge < -0.3 is 10.5 Å². The zero-order valence-corrected chi connectivity index (χ0v) is 18.1. The molecule has 4 aromatic rings. The molecule has 176 valence electrons. The van der Waals surface area contributed by atoms with E-state index in [0.717, 1.165) is 16.8 Å². The Morgan fingerprint density at radius 3 is 2.74 bits per heavy atom. The molecule has 5 rings (SSSR count). The zero-order chi connectivity index (χ0) is 24.2. The van der Waals surface area contributed by atoms with Crippen LogP contribution in [0.25, 0.3) is 16.9 Å². The van der Waals surface area contributed by atoms with Crippen LogP contribution in [0.1, 0.15) is 42.6 Å². The maximum atomic E-state index is 14.2. The van der Waals surface area contributed by atoms with Crippen LogP contribution in [0.5, 0.6) is 5.75 Å². The highest BCUT2D eigenvalue weighted by Crippen LogP contribution is 2.37. The summed E-state index contributed by atoms with van der Waals surface area (Å²) in [7, 11) is 0. The molecular weight excluding hydrogens is 454 g/mol. The lowest BCUT2D eigenvalue weighted by molar-refractivity contribution is -0.141. The first-order valence-corrected chi connectivity index (χ1v) is 10.5. The minimum atomic E-state index is -4.68. The molecule has 1 aromatic carbocycles. The Balaban J connectivity index is 1.82. The van der Waals surface area contributed by atoms with Crippen molar-refractivity contribution in [3.8, 4) is 22.7 Å². The Morgan fingerprint density at radius 1 is 1.21 bits per heavy atom. The fourth-order valence-corrected chi connectivity index (χ4v) is 4.05. The molecular formula is C22H19F4N7O. The van der Waals surface area contributed by atoms with Crippen LogP contribution in [0.3, 0.4) is 0 Å². The average Bonchev–Trinajstić information content (AvgIpc) is 3.39. The molecule has 0 aliphatic carbocycles. The number of ether oxygens (including phenoxy) is 1. The second-order valence-electron chi connectivity index (χ2n) is 7.88. The van der Waals surface area contributed by atoms with Crippen molar-refractivity contribution >= 4 is 5.82 Å². The third-order valence-electron chi connectivity index (χ3n) is 5.64. The highest BCUT2D eigenvalue weighted by Gasteiger charge is 2.36. The van der Waals surface area contributed by atoms with Crippen LogP contribution in [-0.4, -0.2) is 29.8 Å². The molecule has 2 bridgehead atoms. The van der Waals surface area contributed by atoms with Crippen molar-refractivity contribution in [2.24, 2.45) is 0 Å². The molecule has 1 aliphatic heterocycles. The van der Waals surface area contributed by atoms with E-state index in [1.807, 2.05) is 6.92 Å². The Morgan fingerprint density at radius 2 is 2.00 bits per heavy atom. The molecule has 2 N–H and O–H groups in total. The fourth-order valence-electron chi connectivity index (χ4n) is 4.05. The molecule has 0 amide bonds. The number of aromatic nitrogens is 6. The van der Waals surface area contributed by atoms with Gasteiger partial charge in [0.2, 0.25) is 0 Å². The number of hydrogen-bond acceptors (Lipinski definition) is 6. The van der Waals surface area contributed by atoms with E-state index in [1.165, 1.54) is 18.3 Å². The van der Waals surface area contributed by atoms with E-state index >= 15 is 0 Å². The lowest BCUT2D eigenvalue weighted by Crippen LogP contribution is -2.14. The van der Waals surface area contributed by atoms with Crippen LogP contribution in [0.15, 0.2) is 36.5 Å². The number of halogens is 4. The van der Waals surface area contributed by atoms with Gasteiger partial charge in [-0.15, -0.1) is 5.10 Å². The van der Waals surface area contributed by atoms with Crippen LogP contribution in [0.2, 0.25) is 0 Å². The number of nitrogen functional groups attached to an aromatic ring is 1. The summed E-state index contributed by atoms with van der Waals surface area (Å²) in [4.78, 5) is 4.21. The van der Waals surface area contributed by atoms with Crippen molar-refractivity contribution in [3.63, 3.8) is 0 Å². The molecule has 4 heterocycles. The third kappa shape index (κ3) is 3.64. The molecule has 34 heavy (non-hydrogen) atoms. The van der Waals surface area contributed by atoms with Crippen molar-refractivity contribution in [3.05, 3.63) is 65.0 Å².